The Bertz CT molecular complexity index is 225. The Kier molecular flexibility index (Phi) is 3.39. The minimum Gasteiger partial charge on any atom is -0.326 e. The fourth-order valence-electron chi connectivity index (χ4n) is 0.846. The Morgan fingerprint density at radius 1 is 1.64 bits per heavy atom. The van der Waals surface area contributed by atoms with Gasteiger partial charge in [0.25, 0.3) is 0 Å². The van der Waals surface area contributed by atoms with Crippen LogP contribution in [0.3, 0.4) is 0 Å². The Morgan fingerprint density at radius 3 is 3.09 bits per heavy atom. The number of thioether (sulfide) groups is 1. The molecule has 11 heavy (non-hydrogen) atoms. The van der Waals surface area contributed by atoms with Crippen molar-refractivity contribution in [1.29, 1.82) is 0 Å². The predicted molar refractivity (Wildman–Crippen MR) is 48.5 cm³/mol. The fourth-order valence-corrected chi connectivity index (χ4v) is 1.59. The van der Waals surface area contributed by atoms with Crippen molar-refractivity contribution in [3.8, 4) is 0 Å². The van der Waals surface area contributed by atoms with Gasteiger partial charge in [-0.25, -0.2) is 4.98 Å². The van der Waals surface area contributed by atoms with Crippen LogP contribution in [-0.2, 0) is 6.54 Å². The molecule has 0 amide bonds. The molecule has 0 aromatic carbocycles. The van der Waals surface area contributed by atoms with Gasteiger partial charge in [-0.2, -0.15) is 0 Å². The van der Waals surface area contributed by atoms with E-state index in [0.29, 0.717) is 6.54 Å². The van der Waals surface area contributed by atoms with Crippen molar-refractivity contribution >= 4 is 11.8 Å². The predicted octanol–water partition coefficient (Wildman–Crippen LogP) is 1.65. The van der Waals surface area contributed by atoms with Crippen LogP contribution in [0.2, 0.25) is 0 Å². The third kappa shape index (κ3) is 2.20. The smallest absolute Gasteiger partial charge is 0.100 e. The molecule has 0 saturated carbocycles. The molecule has 1 aromatic rings. The van der Waals surface area contributed by atoms with Gasteiger partial charge in [0.2, 0.25) is 0 Å². The maximum Gasteiger partial charge on any atom is 0.100 e. The van der Waals surface area contributed by atoms with E-state index in [0.717, 1.165) is 16.3 Å². The molecule has 0 atom stereocenters. The number of pyridine rings is 1. The average Bonchev–Trinajstić information content (AvgIpc) is 2.06. The van der Waals surface area contributed by atoms with E-state index in [-0.39, 0.29) is 0 Å². The van der Waals surface area contributed by atoms with Gasteiger partial charge >= 0.3 is 0 Å². The van der Waals surface area contributed by atoms with Gasteiger partial charge < -0.3 is 5.73 Å². The summed E-state index contributed by atoms with van der Waals surface area (Å²) in [5, 5.41) is 1.07. The molecule has 1 heterocycles. The van der Waals surface area contributed by atoms with Gasteiger partial charge in [-0.15, -0.1) is 11.8 Å². The second-order valence-corrected chi connectivity index (χ2v) is 3.36. The molecular weight excluding hydrogens is 156 g/mol. The fraction of sp³-hybridized carbons (Fsp3) is 0.375. The molecule has 0 fully saturated rings. The van der Waals surface area contributed by atoms with E-state index >= 15 is 0 Å². The highest BCUT2D eigenvalue weighted by molar-refractivity contribution is 7.99. The summed E-state index contributed by atoms with van der Waals surface area (Å²) in [5.74, 6) is 1.05. The summed E-state index contributed by atoms with van der Waals surface area (Å²) < 4.78 is 0. The van der Waals surface area contributed by atoms with Gasteiger partial charge in [0.1, 0.15) is 5.03 Å². The molecule has 0 bridgehead atoms. The molecule has 60 valence electrons. The molecule has 0 spiro atoms. The first-order chi connectivity index (χ1) is 5.38. The Balaban J connectivity index is 2.83. The van der Waals surface area contributed by atoms with Crippen molar-refractivity contribution in [2.75, 3.05) is 5.75 Å². The summed E-state index contributed by atoms with van der Waals surface area (Å²) in [7, 11) is 0. The molecule has 0 aliphatic heterocycles. The second kappa shape index (κ2) is 4.36. The summed E-state index contributed by atoms with van der Waals surface area (Å²) in [6.07, 6.45) is 1.80. The SMILES string of the molecule is CCSc1ncccc1CN. The molecule has 2 N–H and O–H groups in total. The minimum atomic E-state index is 0.580. The number of rotatable bonds is 3. The number of nitrogens with two attached hydrogens (primary N) is 1. The summed E-state index contributed by atoms with van der Waals surface area (Å²) in [4.78, 5) is 4.22. The van der Waals surface area contributed by atoms with Crippen molar-refractivity contribution < 1.29 is 0 Å². The van der Waals surface area contributed by atoms with Gasteiger partial charge in [0.05, 0.1) is 0 Å². The summed E-state index contributed by atoms with van der Waals surface area (Å²) in [5.41, 5.74) is 6.67. The zero-order valence-corrected chi connectivity index (χ0v) is 7.40. The van der Waals surface area contributed by atoms with Crippen LogP contribution in [0.5, 0.6) is 0 Å². The van der Waals surface area contributed by atoms with E-state index in [9.17, 15) is 0 Å². The molecule has 2 nitrogen and oxygen atoms in total. The largest absolute Gasteiger partial charge is 0.326 e. The lowest BCUT2D eigenvalue weighted by Crippen LogP contribution is -1.99. The number of hydrogen-bond acceptors (Lipinski definition) is 3. The van der Waals surface area contributed by atoms with E-state index < -0.39 is 0 Å². The topological polar surface area (TPSA) is 38.9 Å². The van der Waals surface area contributed by atoms with Crippen LogP contribution in [-0.4, -0.2) is 10.7 Å². The lowest BCUT2D eigenvalue weighted by Gasteiger charge is -2.02. The van der Waals surface area contributed by atoms with Crippen LogP contribution in [0.25, 0.3) is 0 Å². The standard InChI is InChI=1S/C8H12N2S/c1-2-11-8-7(6-9)4-3-5-10-8/h3-5H,2,6,9H2,1H3. The zero-order valence-electron chi connectivity index (χ0n) is 6.58. The normalized spacial score (nSPS) is 10.0. The van der Waals surface area contributed by atoms with Crippen molar-refractivity contribution in [3.63, 3.8) is 0 Å². The van der Waals surface area contributed by atoms with Gasteiger partial charge in [-0.1, -0.05) is 13.0 Å². The van der Waals surface area contributed by atoms with E-state index in [1.807, 2.05) is 12.1 Å². The quantitative estimate of drug-likeness (QED) is 0.697. The monoisotopic (exact) mass is 168 g/mol. The van der Waals surface area contributed by atoms with Crippen LogP contribution in [0.4, 0.5) is 0 Å². The molecule has 0 aliphatic carbocycles. The van der Waals surface area contributed by atoms with Crippen LogP contribution < -0.4 is 5.73 Å². The highest BCUT2D eigenvalue weighted by atomic mass is 32.2. The lowest BCUT2D eigenvalue weighted by molar-refractivity contribution is 0.963. The lowest BCUT2D eigenvalue weighted by atomic mass is 10.3. The van der Waals surface area contributed by atoms with Crippen molar-refractivity contribution in [2.45, 2.75) is 18.5 Å². The summed E-state index contributed by atoms with van der Waals surface area (Å²) in [6.45, 7) is 2.69. The van der Waals surface area contributed by atoms with Crippen LogP contribution in [0, 0.1) is 0 Å². The highest BCUT2D eigenvalue weighted by Gasteiger charge is 1.98. The van der Waals surface area contributed by atoms with Gasteiger partial charge in [-0.3, -0.25) is 0 Å². The van der Waals surface area contributed by atoms with Gasteiger partial charge in [0.15, 0.2) is 0 Å². The van der Waals surface area contributed by atoms with Crippen molar-refractivity contribution in [3.05, 3.63) is 23.9 Å². The maximum atomic E-state index is 5.53. The van der Waals surface area contributed by atoms with Crippen LogP contribution in [0.1, 0.15) is 12.5 Å². The first-order valence-electron chi connectivity index (χ1n) is 3.65. The highest BCUT2D eigenvalue weighted by Crippen LogP contribution is 2.18. The number of hydrogen-bond donors (Lipinski definition) is 1. The van der Waals surface area contributed by atoms with E-state index in [1.165, 1.54) is 0 Å². The van der Waals surface area contributed by atoms with E-state index in [1.54, 1.807) is 18.0 Å². The maximum absolute atomic E-state index is 5.53. The van der Waals surface area contributed by atoms with Gasteiger partial charge in [-0.05, 0) is 17.4 Å². The third-order valence-corrected chi connectivity index (χ3v) is 2.28. The first kappa shape index (κ1) is 8.56. The zero-order chi connectivity index (χ0) is 8.10. The average molecular weight is 168 g/mol. The van der Waals surface area contributed by atoms with Crippen molar-refractivity contribution in [2.24, 2.45) is 5.73 Å². The Morgan fingerprint density at radius 2 is 2.45 bits per heavy atom. The first-order valence-corrected chi connectivity index (χ1v) is 4.63. The molecule has 0 aliphatic rings. The van der Waals surface area contributed by atoms with Crippen LogP contribution >= 0.6 is 11.8 Å². The third-order valence-electron chi connectivity index (χ3n) is 1.35. The molecule has 0 radical (unpaired) electrons. The molecule has 0 unspecified atom stereocenters. The number of aromatic nitrogens is 1. The Labute approximate surface area is 71.2 Å². The summed E-state index contributed by atoms with van der Waals surface area (Å²) >= 11 is 1.74. The van der Waals surface area contributed by atoms with Crippen LogP contribution in [0.15, 0.2) is 23.4 Å². The number of nitrogens with zero attached hydrogens (tertiary/aromatic N) is 1. The molecule has 3 heteroatoms. The molecule has 1 rings (SSSR count). The molecule has 1 aromatic heterocycles. The Hall–Kier alpha value is -0.540. The van der Waals surface area contributed by atoms with Gasteiger partial charge in [0, 0.05) is 12.7 Å². The summed E-state index contributed by atoms with van der Waals surface area (Å²) in [6, 6.07) is 3.94. The minimum absolute atomic E-state index is 0.580. The second-order valence-electron chi connectivity index (χ2n) is 2.10. The van der Waals surface area contributed by atoms with Crippen molar-refractivity contribution in [1.82, 2.24) is 4.98 Å². The molecular formula is C8H12N2S. The van der Waals surface area contributed by atoms with E-state index in [2.05, 4.69) is 11.9 Å². The molecule has 0 saturated heterocycles. The van der Waals surface area contributed by atoms with E-state index in [4.69, 9.17) is 5.73 Å².